The molecule has 106 valence electrons. The van der Waals surface area contributed by atoms with Crippen molar-refractivity contribution in [2.45, 2.75) is 19.8 Å². The van der Waals surface area contributed by atoms with E-state index in [-0.39, 0.29) is 0 Å². The third kappa shape index (κ3) is 2.93. The molecule has 0 radical (unpaired) electrons. The van der Waals surface area contributed by atoms with E-state index in [1.807, 2.05) is 31.3 Å². The first-order valence-electron chi connectivity index (χ1n) is 6.58. The Bertz CT molecular complexity index is 602. The average molecular weight is 336 g/mol. The molecule has 1 heterocycles. The lowest BCUT2D eigenvalue weighted by Crippen LogP contribution is -2.04. The van der Waals surface area contributed by atoms with Crippen molar-refractivity contribution in [3.63, 3.8) is 0 Å². The van der Waals surface area contributed by atoms with E-state index in [2.05, 4.69) is 38.1 Å². The maximum atomic E-state index is 5.39. The van der Waals surface area contributed by atoms with Crippen LogP contribution in [0.3, 0.4) is 0 Å². The van der Waals surface area contributed by atoms with Gasteiger partial charge in [-0.25, -0.2) is 9.97 Å². The van der Waals surface area contributed by atoms with E-state index in [0.29, 0.717) is 5.82 Å². The molecule has 5 heteroatoms. The van der Waals surface area contributed by atoms with Crippen LogP contribution in [0.25, 0.3) is 11.4 Å². The van der Waals surface area contributed by atoms with Crippen LogP contribution in [-0.4, -0.2) is 24.1 Å². The van der Waals surface area contributed by atoms with Gasteiger partial charge in [0.25, 0.3) is 0 Å². The second-order valence-electron chi connectivity index (χ2n) is 4.36. The van der Waals surface area contributed by atoms with Gasteiger partial charge >= 0.3 is 0 Å². The van der Waals surface area contributed by atoms with E-state index in [4.69, 9.17) is 4.74 Å². The van der Waals surface area contributed by atoms with E-state index >= 15 is 0 Å². The van der Waals surface area contributed by atoms with Crippen molar-refractivity contribution in [3.8, 4) is 17.1 Å². The quantitative estimate of drug-likeness (QED) is 0.899. The Labute approximate surface area is 127 Å². The van der Waals surface area contributed by atoms with Crippen LogP contribution in [0.4, 0.5) is 5.82 Å². The van der Waals surface area contributed by atoms with Crippen molar-refractivity contribution in [2.24, 2.45) is 0 Å². The molecule has 0 amide bonds. The standard InChI is InChI=1S/C15H18BrN3O/c1-4-7-11-13(16)15(17-2)19-14(18-11)10-8-5-6-9-12(10)20-3/h5-6,8-9H,4,7H2,1-3H3,(H,17,18,19). The van der Waals surface area contributed by atoms with Crippen LogP contribution in [0.15, 0.2) is 28.7 Å². The Morgan fingerprint density at radius 3 is 2.65 bits per heavy atom. The topological polar surface area (TPSA) is 47.0 Å². The van der Waals surface area contributed by atoms with Crippen LogP contribution < -0.4 is 10.1 Å². The van der Waals surface area contributed by atoms with Crippen LogP contribution in [0.5, 0.6) is 5.75 Å². The fourth-order valence-electron chi connectivity index (χ4n) is 2.01. The van der Waals surface area contributed by atoms with Crippen molar-refractivity contribution >= 4 is 21.7 Å². The molecule has 0 saturated heterocycles. The fourth-order valence-corrected chi connectivity index (χ4v) is 2.59. The average Bonchev–Trinajstić information content (AvgIpc) is 2.49. The van der Waals surface area contributed by atoms with Crippen LogP contribution in [-0.2, 0) is 6.42 Å². The van der Waals surface area contributed by atoms with Gasteiger partial charge in [0.2, 0.25) is 0 Å². The van der Waals surface area contributed by atoms with Crippen LogP contribution in [0, 0.1) is 0 Å². The highest BCUT2D eigenvalue weighted by Gasteiger charge is 2.14. The highest BCUT2D eigenvalue weighted by Crippen LogP contribution is 2.31. The van der Waals surface area contributed by atoms with Gasteiger partial charge in [0.05, 0.1) is 22.8 Å². The zero-order chi connectivity index (χ0) is 14.5. The van der Waals surface area contributed by atoms with Gasteiger partial charge in [0.15, 0.2) is 5.82 Å². The second-order valence-corrected chi connectivity index (χ2v) is 5.15. The maximum Gasteiger partial charge on any atom is 0.165 e. The van der Waals surface area contributed by atoms with E-state index < -0.39 is 0 Å². The predicted octanol–water partition coefficient (Wildman–Crippen LogP) is 3.91. The van der Waals surface area contributed by atoms with Gasteiger partial charge < -0.3 is 10.1 Å². The monoisotopic (exact) mass is 335 g/mol. The zero-order valence-electron chi connectivity index (χ0n) is 11.9. The van der Waals surface area contributed by atoms with E-state index in [0.717, 1.165) is 40.1 Å². The minimum atomic E-state index is 0.679. The molecule has 0 atom stereocenters. The van der Waals surface area contributed by atoms with Gasteiger partial charge in [0.1, 0.15) is 11.6 Å². The fraction of sp³-hybridized carbons (Fsp3) is 0.333. The largest absolute Gasteiger partial charge is 0.496 e. The van der Waals surface area contributed by atoms with Gasteiger partial charge in [-0.05, 0) is 34.5 Å². The number of halogens is 1. The minimum Gasteiger partial charge on any atom is -0.496 e. The molecule has 0 aliphatic rings. The summed E-state index contributed by atoms with van der Waals surface area (Å²) in [6.07, 6.45) is 1.93. The number of nitrogens with zero attached hydrogens (tertiary/aromatic N) is 2. The first-order chi connectivity index (χ1) is 9.71. The predicted molar refractivity (Wildman–Crippen MR) is 85.3 cm³/mol. The highest BCUT2D eigenvalue weighted by atomic mass is 79.9. The summed E-state index contributed by atoms with van der Waals surface area (Å²) < 4.78 is 6.32. The normalized spacial score (nSPS) is 10.4. The molecular formula is C15H18BrN3O. The minimum absolute atomic E-state index is 0.679. The highest BCUT2D eigenvalue weighted by molar-refractivity contribution is 9.10. The number of hydrogen-bond acceptors (Lipinski definition) is 4. The molecule has 0 spiro atoms. The number of benzene rings is 1. The molecule has 0 bridgehead atoms. The molecule has 0 saturated carbocycles. The van der Waals surface area contributed by atoms with E-state index in [1.165, 1.54) is 0 Å². The molecule has 1 aromatic heterocycles. The molecule has 0 unspecified atom stereocenters. The SMILES string of the molecule is CCCc1nc(-c2ccccc2OC)nc(NC)c1Br. The van der Waals surface area contributed by atoms with Crippen LogP contribution >= 0.6 is 15.9 Å². The maximum absolute atomic E-state index is 5.39. The van der Waals surface area contributed by atoms with Gasteiger partial charge in [0, 0.05) is 7.05 Å². The number of anilines is 1. The summed E-state index contributed by atoms with van der Waals surface area (Å²) in [7, 11) is 3.51. The van der Waals surface area contributed by atoms with Crippen LogP contribution in [0.2, 0.25) is 0 Å². The van der Waals surface area contributed by atoms with E-state index in [9.17, 15) is 0 Å². The molecule has 0 aliphatic heterocycles. The van der Waals surface area contributed by atoms with Crippen molar-refractivity contribution in [3.05, 3.63) is 34.4 Å². The Morgan fingerprint density at radius 2 is 2.00 bits per heavy atom. The molecule has 1 aromatic carbocycles. The second kappa shape index (κ2) is 6.70. The van der Waals surface area contributed by atoms with Gasteiger partial charge in [-0.2, -0.15) is 0 Å². The van der Waals surface area contributed by atoms with Gasteiger partial charge in [-0.15, -0.1) is 0 Å². The molecular weight excluding hydrogens is 318 g/mol. The molecule has 1 N–H and O–H groups in total. The van der Waals surface area contributed by atoms with Gasteiger partial charge in [-0.3, -0.25) is 0 Å². The summed E-state index contributed by atoms with van der Waals surface area (Å²) in [6, 6.07) is 7.78. The van der Waals surface area contributed by atoms with Gasteiger partial charge in [-0.1, -0.05) is 25.5 Å². The summed E-state index contributed by atoms with van der Waals surface area (Å²) in [4.78, 5) is 9.23. The smallest absolute Gasteiger partial charge is 0.165 e. The molecule has 20 heavy (non-hydrogen) atoms. The van der Waals surface area contributed by atoms with Crippen molar-refractivity contribution in [1.29, 1.82) is 0 Å². The van der Waals surface area contributed by atoms with Crippen molar-refractivity contribution in [2.75, 3.05) is 19.5 Å². The summed E-state index contributed by atoms with van der Waals surface area (Å²) >= 11 is 3.57. The number of nitrogens with one attached hydrogen (secondary N) is 1. The number of aromatic nitrogens is 2. The number of aryl methyl sites for hydroxylation is 1. The zero-order valence-corrected chi connectivity index (χ0v) is 13.5. The first kappa shape index (κ1) is 14.8. The number of ether oxygens (including phenoxy) is 1. The summed E-state index contributed by atoms with van der Waals surface area (Å²) in [6.45, 7) is 2.14. The molecule has 2 rings (SSSR count). The number of rotatable bonds is 5. The summed E-state index contributed by atoms with van der Waals surface area (Å²) in [5.74, 6) is 2.25. The summed E-state index contributed by atoms with van der Waals surface area (Å²) in [5.41, 5.74) is 1.91. The Kier molecular flexibility index (Phi) is 4.95. The third-order valence-electron chi connectivity index (χ3n) is 2.99. The molecule has 4 nitrogen and oxygen atoms in total. The Hall–Kier alpha value is -1.62. The lowest BCUT2D eigenvalue weighted by atomic mass is 10.1. The number of para-hydroxylation sites is 1. The molecule has 2 aromatic rings. The van der Waals surface area contributed by atoms with Crippen LogP contribution in [0.1, 0.15) is 19.0 Å². The van der Waals surface area contributed by atoms with Crippen molar-refractivity contribution in [1.82, 2.24) is 9.97 Å². The van der Waals surface area contributed by atoms with E-state index in [1.54, 1.807) is 7.11 Å². The lowest BCUT2D eigenvalue weighted by molar-refractivity contribution is 0.416. The summed E-state index contributed by atoms with van der Waals surface area (Å²) in [5, 5.41) is 3.10. The first-order valence-corrected chi connectivity index (χ1v) is 7.38. The molecule has 0 fully saturated rings. The third-order valence-corrected chi connectivity index (χ3v) is 3.82. The molecule has 0 aliphatic carbocycles. The number of hydrogen-bond donors (Lipinski definition) is 1. The van der Waals surface area contributed by atoms with Crippen molar-refractivity contribution < 1.29 is 4.74 Å². The number of methoxy groups -OCH3 is 1. The lowest BCUT2D eigenvalue weighted by Gasteiger charge is -2.12. The Balaban J connectivity index is 2.59. The Morgan fingerprint density at radius 1 is 1.25 bits per heavy atom.